The Morgan fingerprint density at radius 2 is 0.392 bits per heavy atom. The predicted octanol–water partition coefficient (Wildman–Crippen LogP) is 33.3. The first kappa shape index (κ1) is 73.4. The van der Waals surface area contributed by atoms with Gasteiger partial charge in [0.2, 0.25) is 0 Å². The lowest BCUT2D eigenvalue weighted by Gasteiger charge is -2.32. The zero-order valence-electron chi connectivity index (χ0n) is 68.4. The van der Waals surface area contributed by atoms with Crippen LogP contribution in [-0.4, -0.2) is 0 Å². The molecule has 26 rings (SSSR count). The second-order valence-corrected chi connectivity index (χ2v) is 34.3. The lowest BCUT2D eigenvalue weighted by Crippen LogP contribution is -2.26. The zero-order chi connectivity index (χ0) is 82.7. The van der Waals surface area contributed by atoms with Crippen molar-refractivity contribution < 1.29 is 0 Å². The molecule has 0 aromatic heterocycles. The summed E-state index contributed by atoms with van der Waals surface area (Å²) in [5.41, 5.74) is 35.8. The highest BCUT2D eigenvalue weighted by Gasteiger charge is 2.54. The summed E-state index contributed by atoms with van der Waals surface area (Å²) in [6.45, 7) is 0. The molecule has 22 aromatic carbocycles. The number of benzene rings is 22. The highest BCUT2D eigenvalue weighted by molar-refractivity contribution is 9.10. The van der Waals surface area contributed by atoms with Crippen molar-refractivity contribution in [3.05, 3.63) is 522 Å². The van der Waals surface area contributed by atoms with Crippen LogP contribution < -0.4 is 10.2 Å². The number of fused-ring (bicyclic) bond motifs is 32. The number of hydrogen-bond donors (Lipinski definition) is 1. The van der Waals surface area contributed by atoms with Crippen molar-refractivity contribution in [3.8, 4) is 89.0 Å². The smallest absolute Gasteiger partial charge is 0.0726 e. The molecule has 125 heavy (non-hydrogen) atoms. The molecule has 2 spiro atoms. The van der Waals surface area contributed by atoms with E-state index in [0.717, 1.165) is 32.9 Å². The van der Waals surface area contributed by atoms with Gasteiger partial charge in [0.05, 0.1) is 10.8 Å². The average molecular weight is 1650 g/mol. The van der Waals surface area contributed by atoms with Crippen molar-refractivity contribution in [1.29, 1.82) is 0 Å². The molecule has 0 amide bonds. The highest BCUT2D eigenvalue weighted by Crippen LogP contribution is 2.66. The van der Waals surface area contributed by atoms with Gasteiger partial charge in [-0.1, -0.05) is 392 Å². The molecular formula is C122H79BrN2. The van der Waals surface area contributed by atoms with Gasteiger partial charge in [-0.15, -0.1) is 0 Å². The van der Waals surface area contributed by atoms with Gasteiger partial charge in [-0.05, 0) is 295 Å². The Balaban J connectivity index is 0.000000117. The van der Waals surface area contributed by atoms with E-state index in [2.05, 4.69) is 487 Å². The maximum Gasteiger partial charge on any atom is 0.0726 e. The summed E-state index contributed by atoms with van der Waals surface area (Å²) in [7, 11) is 0. The SMILES string of the molecule is Brc1ccc2c(c1)C1(c3ccccc3-c3ccccc31)c1cc3c4ccccc4c4ccccc4c3cc1-2.c1ccc(-c2ccc(N(c3ccc(-c4ccccc4)cc3)c3ccc4c(c3)C3(c5ccccc5-c5ccccc53)c3cc5c6ccccc6c6ccccc6c5cc3-4)cc2)cc1.c1ccc(-c2ccc(Nc3ccc(-c4ccccc4)cc3)cc2)cc1. The largest absolute Gasteiger partial charge is 0.356 e. The fourth-order valence-corrected chi connectivity index (χ4v) is 21.8. The van der Waals surface area contributed by atoms with Crippen molar-refractivity contribution in [2.24, 2.45) is 0 Å². The van der Waals surface area contributed by atoms with Crippen LogP contribution in [0, 0.1) is 0 Å². The second-order valence-electron chi connectivity index (χ2n) is 33.3. The topological polar surface area (TPSA) is 15.3 Å². The summed E-state index contributed by atoms with van der Waals surface area (Å²) in [6.07, 6.45) is 0. The van der Waals surface area contributed by atoms with Crippen molar-refractivity contribution in [2.75, 3.05) is 10.2 Å². The molecule has 4 aliphatic carbocycles. The molecule has 0 aliphatic heterocycles. The van der Waals surface area contributed by atoms with E-state index in [-0.39, 0.29) is 5.41 Å². The Bertz CT molecular complexity index is 7770. The van der Waals surface area contributed by atoms with E-state index in [1.54, 1.807) is 0 Å². The predicted molar refractivity (Wildman–Crippen MR) is 531 cm³/mol. The number of nitrogens with zero attached hydrogens (tertiary/aromatic N) is 1. The van der Waals surface area contributed by atoms with Gasteiger partial charge >= 0.3 is 0 Å². The first-order valence-corrected chi connectivity index (χ1v) is 44.0. The maximum absolute atomic E-state index is 3.83. The fraction of sp³-hybridized carbons (Fsp3) is 0.0164. The minimum absolute atomic E-state index is 0.345. The van der Waals surface area contributed by atoms with Gasteiger partial charge in [-0.2, -0.15) is 0 Å². The van der Waals surface area contributed by atoms with Crippen molar-refractivity contribution in [2.45, 2.75) is 10.8 Å². The summed E-state index contributed by atoms with van der Waals surface area (Å²) in [5, 5.41) is 19.1. The molecule has 0 unspecified atom stereocenters. The van der Waals surface area contributed by atoms with Gasteiger partial charge in [-0.25, -0.2) is 0 Å². The third-order valence-electron chi connectivity index (χ3n) is 26.8. The minimum Gasteiger partial charge on any atom is -0.356 e. The quantitative estimate of drug-likeness (QED) is 0.145. The normalized spacial score (nSPS) is 12.8. The number of anilines is 5. The van der Waals surface area contributed by atoms with Crippen LogP contribution in [-0.2, 0) is 10.8 Å². The van der Waals surface area contributed by atoms with Gasteiger partial charge in [-0.3, -0.25) is 0 Å². The van der Waals surface area contributed by atoms with E-state index in [1.165, 1.54) is 198 Å². The summed E-state index contributed by atoms with van der Waals surface area (Å²) in [6, 6.07) is 173. The second kappa shape index (κ2) is 30.0. The van der Waals surface area contributed by atoms with E-state index in [4.69, 9.17) is 0 Å². The Hall–Kier alpha value is -15.5. The molecule has 0 fully saturated rings. The minimum atomic E-state index is -0.519. The lowest BCUT2D eigenvalue weighted by atomic mass is 9.70. The number of hydrogen-bond acceptors (Lipinski definition) is 2. The molecule has 0 radical (unpaired) electrons. The summed E-state index contributed by atoms with van der Waals surface area (Å²) in [5.74, 6) is 0. The average Bonchev–Trinajstić information content (AvgIpc) is 1.51. The molecule has 0 atom stereocenters. The zero-order valence-corrected chi connectivity index (χ0v) is 69.9. The summed E-state index contributed by atoms with van der Waals surface area (Å²) >= 11 is 3.83. The van der Waals surface area contributed by atoms with Crippen LogP contribution in [0.15, 0.2) is 478 Å². The molecule has 0 saturated heterocycles. The first-order chi connectivity index (χ1) is 61.9. The standard InChI is InChI=1S/C61H39N.C37H21Br.C24H19N/c1-3-15-40(16-4-1)42-27-31-44(32-28-42)62(45-33-29-43(30-34-45)41-17-5-2-6-18-41)46-35-36-53-56-38-54-49-21-9-7-19-47(49)48-20-8-10-22-50(48)55(54)39-60(56)61(59(53)37-46)57-25-13-11-23-51(57)52-24-12-14-26-58(52)61;38-22-17-18-29-32-20-30-25-11-3-1-9-23(25)24-10-2-4-12-26(24)31(30)21-36(32)37(35(29)19-22)33-15-7-5-13-27(33)28-14-6-8-16-34(28)37;1-3-7-19(8-4-1)21-11-15-23(16-12-21)25-24-17-13-22(14-18-24)20-9-5-2-6-10-20/h1-39H;1-21H;1-18,25H. The van der Waals surface area contributed by atoms with E-state index >= 15 is 0 Å². The Morgan fingerprint density at radius 3 is 0.720 bits per heavy atom. The molecule has 1 N–H and O–H groups in total. The molecule has 0 heterocycles. The maximum atomic E-state index is 3.83. The molecular weight excluding hydrogens is 1570 g/mol. The van der Waals surface area contributed by atoms with E-state index in [9.17, 15) is 0 Å². The first-order valence-electron chi connectivity index (χ1n) is 43.2. The Kier molecular flexibility index (Phi) is 17.6. The molecule has 4 aliphatic rings. The third-order valence-corrected chi connectivity index (χ3v) is 27.3. The monoisotopic (exact) mass is 1650 g/mol. The Labute approximate surface area is 735 Å². The Morgan fingerprint density at radius 1 is 0.160 bits per heavy atom. The molecule has 22 aromatic rings. The summed E-state index contributed by atoms with van der Waals surface area (Å²) < 4.78 is 1.12. The van der Waals surface area contributed by atoms with Crippen LogP contribution in [0.5, 0.6) is 0 Å². The third kappa shape index (κ3) is 11.8. The number of halogens is 1. The highest BCUT2D eigenvalue weighted by atomic mass is 79.9. The van der Waals surface area contributed by atoms with Gasteiger partial charge < -0.3 is 10.2 Å². The lowest BCUT2D eigenvalue weighted by molar-refractivity contribution is 0.794. The van der Waals surface area contributed by atoms with Crippen molar-refractivity contribution >= 4 is 109 Å². The molecule has 584 valence electrons. The van der Waals surface area contributed by atoms with Crippen LogP contribution in [0.1, 0.15) is 44.5 Å². The van der Waals surface area contributed by atoms with Crippen molar-refractivity contribution in [1.82, 2.24) is 0 Å². The molecule has 3 heteroatoms. The molecule has 2 nitrogen and oxygen atoms in total. The van der Waals surface area contributed by atoms with E-state index < -0.39 is 5.41 Å². The van der Waals surface area contributed by atoms with Crippen LogP contribution in [0.4, 0.5) is 28.4 Å². The van der Waals surface area contributed by atoms with Crippen LogP contribution in [0.3, 0.4) is 0 Å². The van der Waals surface area contributed by atoms with Crippen LogP contribution in [0.25, 0.3) is 154 Å². The molecule has 0 bridgehead atoms. The number of rotatable bonds is 9. The van der Waals surface area contributed by atoms with Gasteiger partial charge in [0.1, 0.15) is 0 Å². The van der Waals surface area contributed by atoms with E-state index in [0.29, 0.717) is 0 Å². The van der Waals surface area contributed by atoms with Gasteiger partial charge in [0, 0.05) is 32.9 Å². The van der Waals surface area contributed by atoms with Crippen molar-refractivity contribution in [3.63, 3.8) is 0 Å². The molecule has 0 saturated carbocycles. The van der Waals surface area contributed by atoms with Gasteiger partial charge in [0.15, 0.2) is 0 Å². The van der Waals surface area contributed by atoms with E-state index in [1.807, 2.05) is 12.1 Å². The van der Waals surface area contributed by atoms with Gasteiger partial charge in [0.25, 0.3) is 0 Å². The fourth-order valence-electron chi connectivity index (χ4n) is 21.4. The summed E-state index contributed by atoms with van der Waals surface area (Å²) in [4.78, 5) is 2.44. The number of nitrogens with one attached hydrogen (secondary N) is 1. The van der Waals surface area contributed by atoms with Crippen LogP contribution in [0.2, 0.25) is 0 Å². The van der Waals surface area contributed by atoms with Crippen LogP contribution >= 0.6 is 15.9 Å².